The summed E-state index contributed by atoms with van der Waals surface area (Å²) >= 11 is 30.5. The van der Waals surface area contributed by atoms with Crippen LogP contribution in [0.15, 0.2) is 12.1 Å². The van der Waals surface area contributed by atoms with Gasteiger partial charge in [0.1, 0.15) is 0 Å². The van der Waals surface area contributed by atoms with Crippen LogP contribution in [0.5, 0.6) is 5.88 Å². The largest absolute Gasteiger partial charge is 0.481 e. The van der Waals surface area contributed by atoms with Gasteiger partial charge in [-0.2, -0.15) is 0 Å². The van der Waals surface area contributed by atoms with E-state index in [1.165, 1.54) is 7.11 Å². The minimum atomic E-state index is -0.222. The van der Waals surface area contributed by atoms with Crippen LogP contribution in [0.25, 0.3) is 11.1 Å². The highest BCUT2D eigenvalue weighted by Gasteiger charge is 2.23. The average Bonchev–Trinajstić information content (AvgIpc) is 2.51. The number of benzene rings is 1. The summed E-state index contributed by atoms with van der Waals surface area (Å²) in [5, 5.41) is 9.68. The van der Waals surface area contributed by atoms with Crippen molar-refractivity contribution in [2.75, 3.05) is 7.11 Å². The van der Waals surface area contributed by atoms with E-state index in [0.717, 1.165) is 0 Å². The van der Waals surface area contributed by atoms with Crippen LogP contribution in [-0.2, 0) is 6.61 Å². The number of aliphatic hydroxyl groups excluding tert-OH is 1. The number of hydrogen-bond donors (Lipinski definition) is 1. The third kappa shape index (κ3) is 3.04. The van der Waals surface area contributed by atoms with Crippen molar-refractivity contribution < 1.29 is 9.84 Å². The molecule has 0 fully saturated rings. The maximum absolute atomic E-state index is 9.12. The van der Waals surface area contributed by atoms with Gasteiger partial charge in [0.25, 0.3) is 0 Å². The van der Waals surface area contributed by atoms with Crippen LogP contribution in [0.2, 0.25) is 25.1 Å². The third-order valence-corrected chi connectivity index (χ3v) is 5.03. The Kier molecular flexibility index (Phi) is 5.47. The first kappa shape index (κ1) is 16.9. The number of rotatable bonds is 3. The van der Waals surface area contributed by atoms with Crippen LogP contribution in [-0.4, -0.2) is 17.2 Å². The van der Waals surface area contributed by atoms with E-state index in [2.05, 4.69) is 4.98 Å². The summed E-state index contributed by atoms with van der Waals surface area (Å²) in [4.78, 5) is 4.14. The van der Waals surface area contributed by atoms with E-state index in [1.807, 2.05) is 0 Å². The highest BCUT2D eigenvalue weighted by Crippen LogP contribution is 2.49. The fourth-order valence-electron chi connectivity index (χ4n) is 1.75. The fraction of sp³-hybridized carbons (Fsp3) is 0.154. The second-order valence-electron chi connectivity index (χ2n) is 3.96. The Labute approximate surface area is 146 Å². The first-order valence-corrected chi connectivity index (χ1v) is 7.47. The first-order chi connectivity index (χ1) is 9.92. The van der Waals surface area contributed by atoms with Crippen LogP contribution < -0.4 is 4.74 Å². The number of nitrogens with zero attached hydrogens (tertiary/aromatic N) is 1. The molecule has 8 heteroatoms. The van der Waals surface area contributed by atoms with E-state index in [0.29, 0.717) is 16.8 Å². The lowest BCUT2D eigenvalue weighted by Crippen LogP contribution is -1.97. The van der Waals surface area contributed by atoms with Crippen LogP contribution in [0.1, 0.15) is 5.69 Å². The predicted octanol–water partition coefficient (Wildman–Crippen LogP) is 5.52. The van der Waals surface area contributed by atoms with Crippen molar-refractivity contribution >= 4 is 58.0 Å². The summed E-state index contributed by atoms with van der Waals surface area (Å²) in [6, 6.07) is 3.27. The number of hydrogen-bond acceptors (Lipinski definition) is 3. The van der Waals surface area contributed by atoms with E-state index in [1.54, 1.807) is 12.1 Å². The van der Waals surface area contributed by atoms with Gasteiger partial charge in [0.2, 0.25) is 5.88 Å². The van der Waals surface area contributed by atoms with Gasteiger partial charge in [-0.25, -0.2) is 4.98 Å². The Morgan fingerprint density at radius 1 is 0.952 bits per heavy atom. The Balaban J connectivity index is 2.79. The van der Waals surface area contributed by atoms with Gasteiger partial charge in [-0.1, -0.05) is 58.0 Å². The normalized spacial score (nSPS) is 10.8. The molecule has 0 spiro atoms. The molecule has 112 valence electrons. The fourth-order valence-corrected chi connectivity index (χ4v) is 3.10. The monoisotopic (exact) mass is 385 g/mol. The molecule has 0 aliphatic heterocycles. The van der Waals surface area contributed by atoms with Crippen LogP contribution in [0.4, 0.5) is 0 Å². The molecular weight excluding hydrogens is 379 g/mol. The molecule has 1 N–H and O–H groups in total. The topological polar surface area (TPSA) is 42.4 Å². The second kappa shape index (κ2) is 6.78. The molecule has 2 aromatic rings. The van der Waals surface area contributed by atoms with E-state index in [-0.39, 0.29) is 37.6 Å². The van der Waals surface area contributed by atoms with Gasteiger partial charge in [0.05, 0.1) is 44.5 Å². The van der Waals surface area contributed by atoms with E-state index < -0.39 is 0 Å². The van der Waals surface area contributed by atoms with Crippen molar-refractivity contribution in [3.63, 3.8) is 0 Å². The molecule has 0 radical (unpaired) electrons. The zero-order valence-corrected chi connectivity index (χ0v) is 14.3. The molecule has 1 aromatic carbocycles. The molecule has 3 nitrogen and oxygen atoms in total. The number of aromatic nitrogens is 1. The molecular formula is C13H8Cl5NO2. The van der Waals surface area contributed by atoms with E-state index >= 15 is 0 Å². The van der Waals surface area contributed by atoms with Crippen molar-refractivity contribution in [1.29, 1.82) is 0 Å². The molecule has 0 amide bonds. The predicted molar refractivity (Wildman–Crippen MR) is 87.2 cm³/mol. The third-order valence-electron chi connectivity index (χ3n) is 2.75. The number of halogens is 5. The summed E-state index contributed by atoms with van der Waals surface area (Å²) in [6.45, 7) is -0.222. The zero-order valence-electron chi connectivity index (χ0n) is 10.6. The maximum Gasteiger partial charge on any atom is 0.221 e. The number of aliphatic hydroxyl groups is 1. The smallest absolute Gasteiger partial charge is 0.221 e. The molecule has 0 unspecified atom stereocenters. The molecule has 0 saturated carbocycles. The minimum absolute atomic E-state index is 0.0796. The van der Waals surface area contributed by atoms with Crippen LogP contribution in [0.3, 0.4) is 0 Å². The van der Waals surface area contributed by atoms with Gasteiger partial charge in [-0.15, -0.1) is 0 Å². The van der Waals surface area contributed by atoms with Gasteiger partial charge in [0, 0.05) is 11.1 Å². The molecule has 0 atom stereocenters. The average molecular weight is 387 g/mol. The summed E-state index contributed by atoms with van der Waals surface area (Å²) in [5.74, 6) is 0.236. The highest BCUT2D eigenvalue weighted by molar-refractivity contribution is 6.56. The SMILES string of the molecule is COc1nc(CO)ccc1-c1c(Cl)c(Cl)c(Cl)c(Cl)c1Cl. The van der Waals surface area contributed by atoms with Crippen LogP contribution in [0, 0.1) is 0 Å². The molecule has 2 rings (SSSR count). The van der Waals surface area contributed by atoms with E-state index in [4.69, 9.17) is 67.8 Å². The van der Waals surface area contributed by atoms with Gasteiger partial charge >= 0.3 is 0 Å². The lowest BCUT2D eigenvalue weighted by molar-refractivity contribution is 0.274. The highest BCUT2D eigenvalue weighted by atomic mass is 35.5. The van der Waals surface area contributed by atoms with Gasteiger partial charge < -0.3 is 9.84 Å². The molecule has 0 bridgehead atoms. The van der Waals surface area contributed by atoms with Crippen molar-refractivity contribution in [2.45, 2.75) is 6.61 Å². The number of methoxy groups -OCH3 is 1. The van der Waals surface area contributed by atoms with Gasteiger partial charge in [0.15, 0.2) is 0 Å². The van der Waals surface area contributed by atoms with Gasteiger partial charge in [-0.05, 0) is 12.1 Å². The summed E-state index contributed by atoms with van der Waals surface area (Å²) in [6.07, 6.45) is 0. The number of pyridine rings is 1. The van der Waals surface area contributed by atoms with Crippen molar-refractivity contribution in [2.24, 2.45) is 0 Å². The molecule has 21 heavy (non-hydrogen) atoms. The van der Waals surface area contributed by atoms with E-state index in [9.17, 15) is 0 Å². The summed E-state index contributed by atoms with van der Waals surface area (Å²) < 4.78 is 5.20. The Bertz CT molecular complexity index is 676. The first-order valence-electron chi connectivity index (χ1n) is 5.58. The second-order valence-corrected chi connectivity index (χ2v) is 5.85. The standard InChI is InChI=1S/C13H8Cl5NO2/c1-21-13-6(3-2-5(4-20)19-13)7-8(14)10(16)12(18)11(17)9(7)15/h2-3,20H,4H2,1H3. The lowest BCUT2D eigenvalue weighted by Gasteiger charge is -2.15. The number of ether oxygens (including phenoxy) is 1. The molecule has 1 heterocycles. The van der Waals surface area contributed by atoms with Crippen molar-refractivity contribution in [3.8, 4) is 17.0 Å². The maximum atomic E-state index is 9.12. The lowest BCUT2D eigenvalue weighted by atomic mass is 10.1. The molecule has 0 aliphatic rings. The van der Waals surface area contributed by atoms with Crippen molar-refractivity contribution in [3.05, 3.63) is 42.9 Å². The molecule has 0 aliphatic carbocycles. The minimum Gasteiger partial charge on any atom is -0.481 e. The Hall–Kier alpha value is -0.420. The quantitative estimate of drug-likeness (QED) is 0.557. The zero-order chi connectivity index (χ0) is 15.7. The summed E-state index contributed by atoms with van der Waals surface area (Å²) in [5.41, 5.74) is 1.30. The van der Waals surface area contributed by atoms with Crippen LogP contribution >= 0.6 is 58.0 Å². The van der Waals surface area contributed by atoms with Gasteiger partial charge in [-0.3, -0.25) is 0 Å². The molecule has 0 saturated heterocycles. The summed E-state index contributed by atoms with van der Waals surface area (Å²) in [7, 11) is 1.44. The molecule has 1 aromatic heterocycles. The van der Waals surface area contributed by atoms with Crippen molar-refractivity contribution in [1.82, 2.24) is 4.98 Å². The Morgan fingerprint density at radius 2 is 1.48 bits per heavy atom. The Morgan fingerprint density at radius 3 is 1.95 bits per heavy atom.